The van der Waals surface area contributed by atoms with Crippen LogP contribution in [0.15, 0.2) is 78.9 Å². The summed E-state index contributed by atoms with van der Waals surface area (Å²) in [4.78, 5) is 31.2. The van der Waals surface area contributed by atoms with Gasteiger partial charge in [0.05, 0.1) is 23.4 Å². The Kier molecular flexibility index (Phi) is 6.29. The van der Waals surface area contributed by atoms with E-state index in [4.69, 9.17) is 9.72 Å². The van der Waals surface area contributed by atoms with Gasteiger partial charge >= 0.3 is 5.97 Å². The third kappa shape index (κ3) is 4.40. The zero-order valence-corrected chi connectivity index (χ0v) is 20.3. The van der Waals surface area contributed by atoms with Crippen LogP contribution in [0.3, 0.4) is 0 Å². The maximum absolute atomic E-state index is 13.6. The molecule has 5 nitrogen and oxygen atoms in total. The molecule has 35 heavy (non-hydrogen) atoms. The number of carbonyl (C=O) groups excluding carboxylic acids is 2. The van der Waals surface area contributed by atoms with Gasteiger partial charge < -0.3 is 10.1 Å². The second-order valence-corrected chi connectivity index (χ2v) is 9.15. The summed E-state index contributed by atoms with van der Waals surface area (Å²) in [5.74, 6) is -0.747. The van der Waals surface area contributed by atoms with Crippen molar-refractivity contribution in [2.45, 2.75) is 20.3 Å². The number of carbonyl (C=O) groups is 2. The van der Waals surface area contributed by atoms with Crippen LogP contribution in [0, 0.1) is 0 Å². The lowest BCUT2D eigenvalue weighted by Gasteiger charge is -2.11. The Morgan fingerprint density at radius 3 is 2.37 bits per heavy atom. The van der Waals surface area contributed by atoms with Crippen LogP contribution in [-0.4, -0.2) is 23.5 Å². The minimum atomic E-state index is -0.448. The molecule has 0 aliphatic rings. The second kappa shape index (κ2) is 9.68. The molecule has 5 aromatic rings. The third-order valence-corrected chi connectivity index (χ3v) is 7.01. The highest BCUT2D eigenvalue weighted by Gasteiger charge is 2.23. The summed E-state index contributed by atoms with van der Waals surface area (Å²) in [7, 11) is 0. The zero-order valence-electron chi connectivity index (χ0n) is 19.5. The predicted octanol–water partition coefficient (Wildman–Crippen LogP) is 7.11. The molecule has 2 aromatic heterocycles. The van der Waals surface area contributed by atoms with Crippen LogP contribution in [0.1, 0.15) is 40.1 Å². The van der Waals surface area contributed by atoms with Crippen LogP contribution in [0.5, 0.6) is 0 Å². The number of nitrogens with one attached hydrogen (secondary N) is 1. The van der Waals surface area contributed by atoms with E-state index in [1.807, 2.05) is 66.7 Å². The van der Waals surface area contributed by atoms with Gasteiger partial charge in [-0.3, -0.25) is 4.79 Å². The van der Waals surface area contributed by atoms with Gasteiger partial charge in [0.15, 0.2) is 0 Å². The lowest BCUT2D eigenvalue weighted by molar-refractivity contribution is 0.0530. The van der Waals surface area contributed by atoms with Crippen molar-refractivity contribution in [2.24, 2.45) is 0 Å². The van der Waals surface area contributed by atoms with Crippen LogP contribution in [-0.2, 0) is 11.2 Å². The highest BCUT2D eigenvalue weighted by Crippen LogP contribution is 2.37. The van der Waals surface area contributed by atoms with Crippen LogP contribution in [0.25, 0.3) is 32.2 Å². The molecule has 6 heteroatoms. The number of nitrogens with zero attached hydrogens (tertiary/aromatic N) is 1. The van der Waals surface area contributed by atoms with Gasteiger partial charge in [-0.1, -0.05) is 67.6 Å². The first-order valence-electron chi connectivity index (χ1n) is 11.6. The number of amides is 1. The number of esters is 1. The number of ether oxygens (including phenoxy) is 1. The minimum absolute atomic E-state index is 0.256. The molecule has 0 radical (unpaired) electrons. The van der Waals surface area contributed by atoms with Crippen molar-refractivity contribution < 1.29 is 14.3 Å². The van der Waals surface area contributed by atoms with Crippen molar-refractivity contribution in [1.82, 2.24) is 4.98 Å². The summed E-state index contributed by atoms with van der Waals surface area (Å²) in [6, 6.07) is 25.2. The van der Waals surface area contributed by atoms with Gasteiger partial charge in [0.25, 0.3) is 5.91 Å². The number of para-hydroxylation sites is 1. The standard InChI is InChI=1S/C29H24N2O3S/c1-3-18-13-15-19(16-14-18)24-17-22(20-9-5-7-11-23(20)30-24)27(32)31-28-26(29(33)34-4-2)21-10-6-8-12-25(21)35-28/h5-17H,3-4H2,1-2H3,(H,31,32). The van der Waals surface area contributed by atoms with E-state index in [0.717, 1.165) is 38.7 Å². The Morgan fingerprint density at radius 2 is 1.63 bits per heavy atom. The van der Waals surface area contributed by atoms with Crippen molar-refractivity contribution in [3.05, 3.63) is 95.6 Å². The maximum Gasteiger partial charge on any atom is 0.341 e. The Balaban J connectivity index is 1.59. The molecular weight excluding hydrogens is 456 g/mol. The molecule has 1 amide bonds. The molecule has 0 saturated carbocycles. The number of hydrogen-bond acceptors (Lipinski definition) is 5. The highest BCUT2D eigenvalue weighted by atomic mass is 32.1. The van der Waals surface area contributed by atoms with Crippen molar-refractivity contribution in [2.75, 3.05) is 11.9 Å². The molecule has 2 heterocycles. The number of fused-ring (bicyclic) bond motifs is 2. The van der Waals surface area contributed by atoms with Gasteiger partial charge in [-0.25, -0.2) is 9.78 Å². The van der Waals surface area contributed by atoms with E-state index in [1.165, 1.54) is 16.9 Å². The first-order valence-corrected chi connectivity index (χ1v) is 12.4. The smallest absolute Gasteiger partial charge is 0.341 e. The van der Waals surface area contributed by atoms with Gasteiger partial charge in [0, 0.05) is 21.0 Å². The molecule has 0 fully saturated rings. The van der Waals surface area contributed by atoms with E-state index in [1.54, 1.807) is 6.92 Å². The number of pyridine rings is 1. The molecule has 0 saturated heterocycles. The van der Waals surface area contributed by atoms with E-state index < -0.39 is 5.97 Å². The van der Waals surface area contributed by atoms with Crippen LogP contribution < -0.4 is 5.32 Å². The average molecular weight is 481 g/mol. The Bertz CT molecular complexity index is 1550. The lowest BCUT2D eigenvalue weighted by Crippen LogP contribution is -2.15. The fourth-order valence-electron chi connectivity index (χ4n) is 4.13. The van der Waals surface area contributed by atoms with Gasteiger partial charge in [-0.2, -0.15) is 0 Å². The fourth-order valence-corrected chi connectivity index (χ4v) is 5.22. The fraction of sp³-hybridized carbons (Fsp3) is 0.138. The van der Waals surface area contributed by atoms with E-state index >= 15 is 0 Å². The molecule has 0 unspecified atom stereocenters. The van der Waals surface area contributed by atoms with E-state index in [2.05, 4.69) is 24.4 Å². The minimum Gasteiger partial charge on any atom is -0.462 e. The summed E-state index contributed by atoms with van der Waals surface area (Å²) in [6.45, 7) is 4.14. The molecule has 0 aliphatic heterocycles. The zero-order chi connectivity index (χ0) is 24.4. The van der Waals surface area contributed by atoms with Crippen molar-refractivity contribution >= 4 is 49.2 Å². The Morgan fingerprint density at radius 1 is 0.914 bits per heavy atom. The maximum atomic E-state index is 13.6. The largest absolute Gasteiger partial charge is 0.462 e. The van der Waals surface area contributed by atoms with E-state index in [0.29, 0.717) is 16.1 Å². The predicted molar refractivity (Wildman–Crippen MR) is 142 cm³/mol. The van der Waals surface area contributed by atoms with Crippen LogP contribution in [0.2, 0.25) is 0 Å². The first kappa shape index (κ1) is 22.7. The SMILES string of the molecule is CCOC(=O)c1c(NC(=O)c2cc(-c3ccc(CC)cc3)nc3ccccc23)sc2ccccc12. The third-order valence-electron chi connectivity index (χ3n) is 5.92. The molecule has 0 atom stereocenters. The molecule has 5 rings (SSSR count). The number of aromatic nitrogens is 1. The molecule has 1 N–H and O–H groups in total. The molecule has 174 valence electrons. The van der Waals surface area contributed by atoms with Gasteiger partial charge in [0.2, 0.25) is 0 Å². The summed E-state index contributed by atoms with van der Waals surface area (Å²) in [5, 5.41) is 4.99. The summed E-state index contributed by atoms with van der Waals surface area (Å²) < 4.78 is 6.20. The number of rotatable bonds is 6. The molecule has 0 aliphatic carbocycles. The number of benzene rings is 3. The number of hydrogen-bond donors (Lipinski definition) is 1. The summed E-state index contributed by atoms with van der Waals surface area (Å²) >= 11 is 1.36. The molecule has 0 bridgehead atoms. The molecular formula is C29H24N2O3S. The van der Waals surface area contributed by atoms with E-state index in [-0.39, 0.29) is 12.5 Å². The molecule has 0 spiro atoms. The molecule has 3 aromatic carbocycles. The first-order chi connectivity index (χ1) is 17.1. The average Bonchev–Trinajstić information content (AvgIpc) is 3.26. The van der Waals surface area contributed by atoms with Crippen LogP contribution in [0.4, 0.5) is 5.00 Å². The van der Waals surface area contributed by atoms with Crippen molar-refractivity contribution in [3.63, 3.8) is 0 Å². The Labute approximate surface area is 207 Å². The van der Waals surface area contributed by atoms with Crippen molar-refractivity contribution in [3.8, 4) is 11.3 Å². The summed E-state index contributed by atoms with van der Waals surface area (Å²) in [6.07, 6.45) is 0.955. The van der Waals surface area contributed by atoms with Crippen molar-refractivity contribution in [1.29, 1.82) is 0 Å². The monoisotopic (exact) mass is 480 g/mol. The topological polar surface area (TPSA) is 68.3 Å². The van der Waals surface area contributed by atoms with E-state index in [9.17, 15) is 9.59 Å². The Hall–Kier alpha value is -4.03. The summed E-state index contributed by atoms with van der Waals surface area (Å²) in [5.41, 5.74) is 4.52. The van der Waals surface area contributed by atoms with Gasteiger partial charge in [0.1, 0.15) is 10.6 Å². The van der Waals surface area contributed by atoms with Gasteiger partial charge in [-0.05, 0) is 37.1 Å². The van der Waals surface area contributed by atoms with Crippen LogP contribution >= 0.6 is 11.3 Å². The number of thiophene rings is 1. The number of anilines is 1. The van der Waals surface area contributed by atoms with Gasteiger partial charge in [-0.15, -0.1) is 11.3 Å². The second-order valence-electron chi connectivity index (χ2n) is 8.10. The lowest BCUT2D eigenvalue weighted by atomic mass is 10.0. The quantitative estimate of drug-likeness (QED) is 0.263. The number of aryl methyl sites for hydroxylation is 1. The normalized spacial score (nSPS) is 11.0. The highest BCUT2D eigenvalue weighted by molar-refractivity contribution is 7.23.